The number of nitrogens with one attached hydrogen (secondary N) is 2. The number of hydrogen-bond acceptors (Lipinski definition) is 8. The topological polar surface area (TPSA) is 144 Å². The average molecular weight is 297 g/mol. The van der Waals surface area contributed by atoms with E-state index in [9.17, 15) is 0 Å². The Balaban J connectivity index is 1.59. The number of pyridine rings is 1. The fourth-order valence-electron chi connectivity index (χ4n) is 2.93. The molecule has 0 amide bonds. The minimum absolute atomic E-state index is 0.119. The summed E-state index contributed by atoms with van der Waals surface area (Å²) in [4.78, 5) is 16.3. The van der Waals surface area contributed by atoms with Crippen LogP contribution in [0.4, 0.5) is 17.8 Å². The van der Waals surface area contributed by atoms with Gasteiger partial charge in [-0.1, -0.05) is 0 Å². The van der Waals surface area contributed by atoms with Crippen molar-refractivity contribution in [1.29, 1.82) is 0 Å². The van der Waals surface area contributed by atoms with Crippen LogP contribution in [0.5, 0.6) is 0 Å². The maximum absolute atomic E-state index is 5.59. The van der Waals surface area contributed by atoms with Gasteiger partial charge in [0.05, 0.1) is 6.20 Å². The molecule has 1 unspecified atom stereocenters. The Bertz CT molecular complexity index is 820. The predicted molar refractivity (Wildman–Crippen MR) is 82.0 cm³/mol. The van der Waals surface area contributed by atoms with Gasteiger partial charge in [0.15, 0.2) is 5.65 Å². The van der Waals surface area contributed by atoms with Gasteiger partial charge < -0.3 is 16.8 Å². The van der Waals surface area contributed by atoms with E-state index in [0.29, 0.717) is 5.95 Å². The summed E-state index contributed by atoms with van der Waals surface area (Å²) in [6.07, 6.45) is 6.49. The summed E-state index contributed by atoms with van der Waals surface area (Å²) < 4.78 is 0. The van der Waals surface area contributed by atoms with Crippen molar-refractivity contribution in [2.75, 3.05) is 16.8 Å². The number of aryl methyl sites for hydroxylation is 1. The Morgan fingerprint density at radius 1 is 1.14 bits per heavy atom. The van der Waals surface area contributed by atoms with Crippen molar-refractivity contribution >= 4 is 28.9 Å². The van der Waals surface area contributed by atoms with Gasteiger partial charge in [0, 0.05) is 17.6 Å². The van der Waals surface area contributed by atoms with Gasteiger partial charge in [0.1, 0.15) is 0 Å². The lowest BCUT2D eigenvalue weighted by Gasteiger charge is -2.25. The van der Waals surface area contributed by atoms with Crippen LogP contribution in [0.2, 0.25) is 0 Å². The summed E-state index contributed by atoms with van der Waals surface area (Å²) in [5, 5.41) is 11.3. The van der Waals surface area contributed by atoms with Crippen molar-refractivity contribution in [3.8, 4) is 0 Å². The number of aromatic amines is 1. The maximum Gasteiger partial charge on any atom is 0.229 e. The van der Waals surface area contributed by atoms with Crippen LogP contribution in [0.3, 0.4) is 0 Å². The molecule has 1 aliphatic rings. The number of nitrogen functional groups attached to an aromatic ring is 2. The lowest BCUT2D eigenvalue weighted by molar-refractivity contribution is 0.607. The Hall–Kier alpha value is -2.97. The number of rotatable bonds is 2. The Morgan fingerprint density at radius 3 is 2.77 bits per heavy atom. The van der Waals surface area contributed by atoms with E-state index in [0.717, 1.165) is 30.3 Å². The van der Waals surface area contributed by atoms with Gasteiger partial charge in [-0.2, -0.15) is 20.1 Å². The first-order chi connectivity index (χ1) is 10.7. The van der Waals surface area contributed by atoms with Crippen molar-refractivity contribution in [3.05, 3.63) is 23.5 Å². The van der Waals surface area contributed by atoms with Crippen molar-refractivity contribution in [1.82, 2.24) is 30.1 Å². The van der Waals surface area contributed by atoms with Gasteiger partial charge in [-0.05, 0) is 30.4 Å². The van der Waals surface area contributed by atoms with Crippen LogP contribution in [0, 0.1) is 0 Å². The third-order valence-corrected chi connectivity index (χ3v) is 3.89. The fraction of sp³-hybridized carbons (Fsp3) is 0.308. The van der Waals surface area contributed by atoms with Gasteiger partial charge in [0.25, 0.3) is 0 Å². The molecule has 22 heavy (non-hydrogen) atoms. The third-order valence-electron chi connectivity index (χ3n) is 3.89. The minimum Gasteiger partial charge on any atom is -0.368 e. The second kappa shape index (κ2) is 4.79. The summed E-state index contributed by atoms with van der Waals surface area (Å²) in [6, 6.07) is 0.208. The van der Waals surface area contributed by atoms with Crippen LogP contribution in [-0.4, -0.2) is 36.2 Å². The average Bonchev–Trinajstić information content (AvgIpc) is 2.94. The number of anilines is 3. The van der Waals surface area contributed by atoms with E-state index in [1.807, 2.05) is 12.4 Å². The molecule has 112 valence electrons. The van der Waals surface area contributed by atoms with Gasteiger partial charge in [0.2, 0.25) is 17.8 Å². The second-order valence-corrected chi connectivity index (χ2v) is 5.35. The molecule has 0 radical (unpaired) electrons. The summed E-state index contributed by atoms with van der Waals surface area (Å²) >= 11 is 0. The number of H-pyrrole nitrogens is 1. The Labute approximate surface area is 125 Å². The van der Waals surface area contributed by atoms with Crippen LogP contribution in [0.15, 0.2) is 12.4 Å². The van der Waals surface area contributed by atoms with Gasteiger partial charge in [-0.25, -0.2) is 4.98 Å². The molecule has 1 aliphatic carbocycles. The molecule has 3 aromatic heterocycles. The standard InChI is InChI=1S/C13H15N9/c14-11-19-12(15)21-13(20-11)18-7-1-2-8-6(3-7)4-16-10-9(8)5-17-22-10/h4-5,7H,1-3H2,(H,16,17,22)(H5,14,15,18,19,20,21). The van der Waals surface area contributed by atoms with Crippen LogP contribution in [0.25, 0.3) is 11.0 Å². The lowest BCUT2D eigenvalue weighted by atomic mass is 9.88. The van der Waals surface area contributed by atoms with Gasteiger partial charge >= 0.3 is 0 Å². The summed E-state index contributed by atoms with van der Waals surface area (Å²) in [5.41, 5.74) is 14.5. The van der Waals surface area contributed by atoms with E-state index in [1.54, 1.807) is 0 Å². The highest BCUT2D eigenvalue weighted by Gasteiger charge is 2.22. The molecule has 0 saturated carbocycles. The number of fused-ring (bicyclic) bond motifs is 3. The van der Waals surface area contributed by atoms with Crippen LogP contribution in [0.1, 0.15) is 17.5 Å². The zero-order valence-electron chi connectivity index (χ0n) is 11.7. The molecule has 9 nitrogen and oxygen atoms in total. The molecule has 0 saturated heterocycles. The summed E-state index contributed by atoms with van der Waals surface area (Å²) in [7, 11) is 0. The Morgan fingerprint density at radius 2 is 1.95 bits per heavy atom. The van der Waals surface area contributed by atoms with E-state index in [1.165, 1.54) is 11.1 Å². The van der Waals surface area contributed by atoms with E-state index in [2.05, 4.69) is 35.5 Å². The van der Waals surface area contributed by atoms with E-state index in [4.69, 9.17) is 11.5 Å². The maximum atomic E-state index is 5.59. The summed E-state index contributed by atoms with van der Waals surface area (Å²) in [6.45, 7) is 0. The number of hydrogen-bond donors (Lipinski definition) is 4. The number of nitrogens with two attached hydrogens (primary N) is 2. The first-order valence-electron chi connectivity index (χ1n) is 7.02. The molecule has 1 atom stereocenters. The highest BCUT2D eigenvalue weighted by molar-refractivity contribution is 5.79. The smallest absolute Gasteiger partial charge is 0.229 e. The van der Waals surface area contributed by atoms with Crippen molar-refractivity contribution < 1.29 is 0 Å². The molecule has 4 rings (SSSR count). The second-order valence-electron chi connectivity index (χ2n) is 5.35. The SMILES string of the molecule is Nc1nc(N)nc(NC2CCc3c(cnc4[nH]ncc34)C2)n1. The quantitative estimate of drug-likeness (QED) is 0.527. The summed E-state index contributed by atoms with van der Waals surface area (Å²) in [5.74, 6) is 0.650. The highest BCUT2D eigenvalue weighted by Crippen LogP contribution is 2.27. The molecule has 3 aromatic rings. The van der Waals surface area contributed by atoms with Crippen molar-refractivity contribution in [2.24, 2.45) is 0 Å². The third kappa shape index (κ3) is 2.16. The van der Waals surface area contributed by atoms with Gasteiger partial charge in [-0.3, -0.25) is 5.10 Å². The van der Waals surface area contributed by atoms with Gasteiger partial charge in [-0.15, -0.1) is 0 Å². The van der Waals surface area contributed by atoms with Crippen LogP contribution < -0.4 is 16.8 Å². The van der Waals surface area contributed by atoms with E-state index >= 15 is 0 Å². The van der Waals surface area contributed by atoms with Crippen LogP contribution in [-0.2, 0) is 12.8 Å². The Kier molecular flexibility index (Phi) is 2.78. The molecular formula is C13H15N9. The monoisotopic (exact) mass is 297 g/mol. The number of nitrogens with zero attached hydrogens (tertiary/aromatic N) is 5. The molecule has 0 aliphatic heterocycles. The molecule has 9 heteroatoms. The van der Waals surface area contributed by atoms with E-state index < -0.39 is 0 Å². The first kappa shape index (κ1) is 12.7. The first-order valence-corrected chi connectivity index (χ1v) is 7.02. The largest absolute Gasteiger partial charge is 0.368 e. The molecule has 0 spiro atoms. The molecule has 0 bridgehead atoms. The molecule has 0 aromatic carbocycles. The van der Waals surface area contributed by atoms with E-state index in [-0.39, 0.29) is 17.9 Å². The van der Waals surface area contributed by atoms with Crippen molar-refractivity contribution in [2.45, 2.75) is 25.3 Å². The molecular weight excluding hydrogens is 282 g/mol. The predicted octanol–water partition coefficient (Wildman–Crippen LogP) is 0.277. The molecule has 0 fully saturated rings. The lowest BCUT2D eigenvalue weighted by Crippen LogP contribution is -2.28. The van der Waals surface area contributed by atoms with Crippen molar-refractivity contribution in [3.63, 3.8) is 0 Å². The zero-order valence-corrected chi connectivity index (χ0v) is 11.7. The minimum atomic E-state index is 0.119. The highest BCUT2D eigenvalue weighted by atomic mass is 15.2. The molecule has 6 N–H and O–H groups in total. The fourth-order valence-corrected chi connectivity index (χ4v) is 2.93. The molecule has 3 heterocycles. The zero-order chi connectivity index (χ0) is 15.1. The normalized spacial score (nSPS) is 17.4. The number of aromatic nitrogens is 6. The van der Waals surface area contributed by atoms with Crippen LogP contribution >= 0.6 is 0 Å².